The maximum atomic E-state index is 12.7. The standard InChI is InChI=1S/C25H27ClN4O4S/c1-18-21(26)10-5-12-23(18)30(35(2,33)34)15-7-13-24(31)29-22-11-4-3-9-20(22)25(32)28-17-19-8-6-14-27-16-19/h3-6,8-12,14,16H,7,13,15,17H2,1-2H3,(H,28,32)(H,29,31). The number of nitrogens with zero attached hydrogens (tertiary/aromatic N) is 2. The Bertz CT molecular complexity index is 1300. The van der Waals surface area contributed by atoms with Crippen molar-refractivity contribution in [1.29, 1.82) is 0 Å². The highest BCUT2D eigenvalue weighted by Crippen LogP contribution is 2.28. The molecule has 2 aromatic carbocycles. The molecule has 0 bridgehead atoms. The van der Waals surface area contributed by atoms with E-state index in [1.807, 2.05) is 6.07 Å². The van der Waals surface area contributed by atoms with Gasteiger partial charge >= 0.3 is 0 Å². The Morgan fingerprint density at radius 1 is 1.06 bits per heavy atom. The maximum absolute atomic E-state index is 12.7. The lowest BCUT2D eigenvalue weighted by molar-refractivity contribution is -0.116. The quantitative estimate of drug-likeness (QED) is 0.422. The van der Waals surface area contributed by atoms with Gasteiger partial charge in [-0.05, 0) is 54.8 Å². The fourth-order valence-corrected chi connectivity index (χ4v) is 4.68. The van der Waals surface area contributed by atoms with Gasteiger partial charge < -0.3 is 10.6 Å². The van der Waals surface area contributed by atoms with E-state index >= 15 is 0 Å². The Labute approximate surface area is 210 Å². The van der Waals surface area contributed by atoms with E-state index in [4.69, 9.17) is 11.6 Å². The van der Waals surface area contributed by atoms with E-state index in [0.717, 1.165) is 11.8 Å². The molecule has 0 spiro atoms. The molecule has 0 atom stereocenters. The number of anilines is 2. The molecule has 0 saturated carbocycles. The monoisotopic (exact) mass is 514 g/mol. The SMILES string of the molecule is Cc1c(Cl)cccc1N(CCCC(=O)Nc1ccccc1C(=O)NCc1cccnc1)S(C)(=O)=O. The average molecular weight is 515 g/mol. The summed E-state index contributed by atoms with van der Waals surface area (Å²) in [5.41, 5.74) is 2.70. The number of nitrogens with one attached hydrogen (secondary N) is 2. The first-order valence-electron chi connectivity index (χ1n) is 11.0. The third kappa shape index (κ3) is 7.27. The molecule has 3 aromatic rings. The van der Waals surface area contributed by atoms with Gasteiger partial charge in [0.1, 0.15) is 0 Å². The van der Waals surface area contributed by atoms with Gasteiger partial charge in [0.25, 0.3) is 5.91 Å². The molecular formula is C25H27ClN4O4S. The summed E-state index contributed by atoms with van der Waals surface area (Å²) in [5.74, 6) is -0.654. The molecule has 8 nitrogen and oxygen atoms in total. The molecule has 2 N–H and O–H groups in total. The van der Waals surface area contributed by atoms with Crippen LogP contribution in [0.3, 0.4) is 0 Å². The second-order valence-electron chi connectivity index (χ2n) is 7.96. The zero-order valence-electron chi connectivity index (χ0n) is 19.5. The minimum Gasteiger partial charge on any atom is -0.348 e. The van der Waals surface area contributed by atoms with Gasteiger partial charge in [0.15, 0.2) is 0 Å². The van der Waals surface area contributed by atoms with E-state index < -0.39 is 10.0 Å². The van der Waals surface area contributed by atoms with Crippen molar-refractivity contribution in [2.45, 2.75) is 26.3 Å². The lowest BCUT2D eigenvalue weighted by Crippen LogP contribution is -2.32. The van der Waals surface area contributed by atoms with Crippen molar-refractivity contribution in [3.05, 3.63) is 88.7 Å². The molecule has 2 amide bonds. The molecule has 184 valence electrons. The number of rotatable bonds is 10. The van der Waals surface area contributed by atoms with Gasteiger partial charge in [-0.2, -0.15) is 0 Å². The number of benzene rings is 2. The van der Waals surface area contributed by atoms with Gasteiger partial charge in [0.2, 0.25) is 15.9 Å². The molecule has 1 heterocycles. The predicted molar refractivity (Wildman–Crippen MR) is 138 cm³/mol. The topological polar surface area (TPSA) is 108 Å². The number of para-hydroxylation sites is 1. The van der Waals surface area contributed by atoms with E-state index in [0.29, 0.717) is 34.1 Å². The highest BCUT2D eigenvalue weighted by Gasteiger charge is 2.20. The number of sulfonamides is 1. The lowest BCUT2D eigenvalue weighted by atomic mass is 10.1. The fourth-order valence-electron chi connectivity index (χ4n) is 3.50. The Kier molecular flexibility index (Phi) is 8.84. The molecule has 10 heteroatoms. The first-order valence-corrected chi connectivity index (χ1v) is 13.2. The molecule has 0 unspecified atom stereocenters. The third-order valence-corrected chi connectivity index (χ3v) is 6.88. The molecule has 0 aliphatic rings. The smallest absolute Gasteiger partial charge is 0.253 e. The fraction of sp³-hybridized carbons (Fsp3) is 0.240. The summed E-state index contributed by atoms with van der Waals surface area (Å²) in [6, 6.07) is 15.4. The van der Waals surface area contributed by atoms with Gasteiger partial charge in [-0.1, -0.05) is 35.9 Å². The van der Waals surface area contributed by atoms with Crippen molar-refractivity contribution in [3.8, 4) is 0 Å². The number of halogens is 1. The third-order valence-electron chi connectivity index (χ3n) is 5.29. The van der Waals surface area contributed by atoms with E-state index in [-0.39, 0.29) is 31.2 Å². The Hall–Kier alpha value is -3.43. The van der Waals surface area contributed by atoms with E-state index in [9.17, 15) is 18.0 Å². The van der Waals surface area contributed by atoms with Crippen LogP contribution in [0.15, 0.2) is 67.0 Å². The summed E-state index contributed by atoms with van der Waals surface area (Å²) in [5, 5.41) is 6.04. The second-order valence-corrected chi connectivity index (χ2v) is 10.3. The second kappa shape index (κ2) is 11.8. The largest absolute Gasteiger partial charge is 0.348 e. The maximum Gasteiger partial charge on any atom is 0.253 e. The van der Waals surface area contributed by atoms with Crippen molar-refractivity contribution >= 4 is 44.8 Å². The van der Waals surface area contributed by atoms with Crippen LogP contribution < -0.4 is 14.9 Å². The van der Waals surface area contributed by atoms with E-state index in [2.05, 4.69) is 15.6 Å². The van der Waals surface area contributed by atoms with Crippen molar-refractivity contribution in [2.24, 2.45) is 0 Å². The molecule has 0 saturated heterocycles. The summed E-state index contributed by atoms with van der Waals surface area (Å²) in [7, 11) is -3.58. The highest BCUT2D eigenvalue weighted by atomic mass is 35.5. The summed E-state index contributed by atoms with van der Waals surface area (Å²) in [6.07, 6.45) is 4.78. The van der Waals surface area contributed by atoms with Crippen LogP contribution in [0.25, 0.3) is 0 Å². The number of hydrogen-bond acceptors (Lipinski definition) is 5. The Balaban J connectivity index is 1.61. The van der Waals surface area contributed by atoms with Crippen molar-refractivity contribution < 1.29 is 18.0 Å². The summed E-state index contributed by atoms with van der Waals surface area (Å²) in [4.78, 5) is 29.3. The Morgan fingerprint density at radius 3 is 2.54 bits per heavy atom. The molecular weight excluding hydrogens is 488 g/mol. The van der Waals surface area contributed by atoms with Crippen LogP contribution in [0.5, 0.6) is 0 Å². The lowest BCUT2D eigenvalue weighted by Gasteiger charge is -2.24. The number of carbonyl (C=O) groups excluding carboxylic acids is 2. The first-order chi connectivity index (χ1) is 16.7. The Morgan fingerprint density at radius 2 is 1.83 bits per heavy atom. The van der Waals surface area contributed by atoms with E-state index in [1.165, 1.54) is 4.31 Å². The van der Waals surface area contributed by atoms with Gasteiger partial charge in [-0.15, -0.1) is 0 Å². The van der Waals surface area contributed by atoms with Crippen LogP contribution in [0.2, 0.25) is 5.02 Å². The predicted octanol–water partition coefficient (Wildman–Crippen LogP) is 4.16. The summed E-state index contributed by atoms with van der Waals surface area (Å²) in [6.45, 7) is 2.17. The van der Waals surface area contributed by atoms with Crippen LogP contribution in [0, 0.1) is 6.92 Å². The summed E-state index contributed by atoms with van der Waals surface area (Å²) < 4.78 is 26.0. The van der Waals surface area contributed by atoms with Crippen molar-refractivity contribution in [1.82, 2.24) is 10.3 Å². The van der Waals surface area contributed by atoms with Crippen LogP contribution >= 0.6 is 11.6 Å². The minimum absolute atomic E-state index is 0.0667. The molecule has 3 rings (SSSR count). The first kappa shape index (κ1) is 26.2. The van der Waals surface area contributed by atoms with Crippen LogP contribution in [-0.2, 0) is 21.4 Å². The molecule has 0 aliphatic carbocycles. The van der Waals surface area contributed by atoms with Crippen LogP contribution in [0.4, 0.5) is 11.4 Å². The highest BCUT2D eigenvalue weighted by molar-refractivity contribution is 7.92. The van der Waals surface area contributed by atoms with Gasteiger partial charge in [0.05, 0.1) is 23.2 Å². The number of aromatic nitrogens is 1. The minimum atomic E-state index is -3.58. The zero-order valence-corrected chi connectivity index (χ0v) is 21.1. The number of pyridine rings is 1. The molecule has 0 radical (unpaired) electrons. The summed E-state index contributed by atoms with van der Waals surface area (Å²) >= 11 is 6.16. The van der Waals surface area contributed by atoms with Crippen LogP contribution in [0.1, 0.15) is 34.3 Å². The number of hydrogen-bond donors (Lipinski definition) is 2. The number of carbonyl (C=O) groups is 2. The molecule has 0 fully saturated rings. The molecule has 0 aliphatic heterocycles. The molecule has 1 aromatic heterocycles. The molecule has 35 heavy (non-hydrogen) atoms. The van der Waals surface area contributed by atoms with E-state index in [1.54, 1.807) is 67.8 Å². The zero-order chi connectivity index (χ0) is 25.4. The average Bonchev–Trinajstić information content (AvgIpc) is 2.83. The van der Waals surface area contributed by atoms with Crippen molar-refractivity contribution in [3.63, 3.8) is 0 Å². The van der Waals surface area contributed by atoms with Crippen molar-refractivity contribution in [2.75, 3.05) is 22.4 Å². The number of amides is 2. The van der Waals surface area contributed by atoms with Gasteiger partial charge in [-0.3, -0.25) is 18.9 Å². The normalized spacial score (nSPS) is 11.1. The van der Waals surface area contributed by atoms with Gasteiger partial charge in [-0.25, -0.2) is 8.42 Å². The van der Waals surface area contributed by atoms with Gasteiger partial charge in [0, 0.05) is 36.9 Å². The van der Waals surface area contributed by atoms with Crippen LogP contribution in [-0.4, -0.2) is 38.0 Å².